The van der Waals surface area contributed by atoms with Gasteiger partial charge < -0.3 is 25.9 Å². The Kier molecular flexibility index (Phi) is 3.76. The normalized spacial score (nSPS) is 32.0. The van der Waals surface area contributed by atoms with Crippen LogP contribution in [0.3, 0.4) is 0 Å². The van der Waals surface area contributed by atoms with Crippen LogP contribution in [0.5, 0.6) is 5.75 Å². The summed E-state index contributed by atoms with van der Waals surface area (Å²) in [5.41, 5.74) is 6.95. The van der Waals surface area contributed by atoms with E-state index in [-0.39, 0.29) is 11.6 Å². The minimum absolute atomic E-state index is 0.0230. The Bertz CT molecular complexity index is 1090. The van der Waals surface area contributed by atoms with Crippen LogP contribution in [0.1, 0.15) is 39.2 Å². The molecule has 1 amide bonds. The van der Waals surface area contributed by atoms with Gasteiger partial charge in [-0.1, -0.05) is 6.07 Å². The maximum absolute atomic E-state index is 12.4. The van der Waals surface area contributed by atoms with Crippen LogP contribution in [0.2, 0.25) is 0 Å². The number of aromatic amines is 1. The van der Waals surface area contributed by atoms with Crippen LogP contribution >= 0.6 is 0 Å². The van der Waals surface area contributed by atoms with E-state index in [1.807, 2.05) is 25.1 Å². The van der Waals surface area contributed by atoms with E-state index in [9.17, 15) is 14.7 Å². The number of hydrogen-bond acceptors (Lipinski definition) is 5. The molecular formula is C22H25N3O4. The van der Waals surface area contributed by atoms with Gasteiger partial charge in [0.1, 0.15) is 11.3 Å². The standard InChI is InChI=1S/C22H25N3O4/c1-11-3-4-14(29-2)6-16(11)21-7-13-10-24-18(13)22(21,28)8-12-5-15(19(23)26)20(27)25-17(12)9-21/h3-6,13,18,24,28H,7-10H2,1-2H3,(H2,23,26)(H,25,27)/t13?,18-,21-,22-/m1/s1. The second-order valence-electron chi connectivity index (χ2n) is 8.77. The lowest BCUT2D eigenvalue weighted by Crippen LogP contribution is -2.67. The number of aromatic nitrogens is 1. The number of methoxy groups -OCH3 is 1. The molecule has 1 aromatic heterocycles. The van der Waals surface area contributed by atoms with Gasteiger partial charge in [-0.05, 0) is 60.7 Å². The highest BCUT2D eigenvalue weighted by Gasteiger charge is 2.68. The van der Waals surface area contributed by atoms with Gasteiger partial charge in [-0.3, -0.25) is 9.59 Å². The molecule has 5 N–H and O–H groups in total. The lowest BCUT2D eigenvalue weighted by atomic mass is 9.59. The average molecular weight is 395 g/mol. The highest BCUT2D eigenvalue weighted by Crippen LogP contribution is 2.59. The number of nitrogens with two attached hydrogens (primary N) is 1. The lowest BCUT2D eigenvalue weighted by Gasteiger charge is -2.51. The molecule has 2 aromatic rings. The van der Waals surface area contributed by atoms with Gasteiger partial charge in [0.25, 0.3) is 11.5 Å². The average Bonchev–Trinajstić information content (AvgIpc) is 2.82. The number of pyridine rings is 1. The number of ether oxygens (including phenoxy) is 1. The molecule has 1 aromatic carbocycles. The summed E-state index contributed by atoms with van der Waals surface area (Å²) >= 11 is 0. The van der Waals surface area contributed by atoms with Crippen molar-refractivity contribution in [3.63, 3.8) is 0 Å². The number of aliphatic hydroxyl groups is 1. The summed E-state index contributed by atoms with van der Waals surface area (Å²) in [7, 11) is 1.64. The summed E-state index contributed by atoms with van der Waals surface area (Å²) in [6.07, 6.45) is 1.67. The molecule has 1 saturated carbocycles. The molecule has 0 spiro atoms. The van der Waals surface area contributed by atoms with Crippen molar-refractivity contribution in [1.82, 2.24) is 10.3 Å². The fraction of sp³-hybridized carbons (Fsp3) is 0.455. The van der Waals surface area contributed by atoms with Gasteiger partial charge in [0.2, 0.25) is 0 Å². The number of carbonyl (C=O) groups is 1. The summed E-state index contributed by atoms with van der Waals surface area (Å²) in [5.74, 6) is 0.354. The third-order valence-electron chi connectivity index (χ3n) is 7.40. The van der Waals surface area contributed by atoms with Crippen LogP contribution in [0.15, 0.2) is 29.1 Å². The Morgan fingerprint density at radius 3 is 2.76 bits per heavy atom. The van der Waals surface area contributed by atoms with Crippen LogP contribution < -0.4 is 21.3 Å². The first kappa shape index (κ1) is 18.4. The maximum Gasteiger partial charge on any atom is 0.261 e. The summed E-state index contributed by atoms with van der Waals surface area (Å²) in [6, 6.07) is 7.50. The van der Waals surface area contributed by atoms with Crippen molar-refractivity contribution in [2.45, 2.75) is 43.2 Å². The number of carbonyl (C=O) groups excluding carboxylic acids is 1. The number of hydrogen-bond donors (Lipinski definition) is 4. The smallest absolute Gasteiger partial charge is 0.261 e. The SMILES string of the molecule is COc1ccc(C)c([C@@]23Cc4[nH]c(=O)c(C(N)=O)cc4C[C@@]2(O)[C@@H]2NCC2C3)c1. The van der Waals surface area contributed by atoms with Gasteiger partial charge in [0, 0.05) is 30.0 Å². The van der Waals surface area contributed by atoms with E-state index >= 15 is 0 Å². The van der Waals surface area contributed by atoms with Crippen molar-refractivity contribution in [3.8, 4) is 5.75 Å². The van der Waals surface area contributed by atoms with E-state index in [1.54, 1.807) is 13.2 Å². The number of fused-ring (bicyclic) bond motifs is 4. The first-order chi connectivity index (χ1) is 13.8. The third-order valence-corrected chi connectivity index (χ3v) is 7.40. The molecule has 2 aliphatic carbocycles. The fourth-order valence-corrected chi connectivity index (χ4v) is 5.96. The predicted molar refractivity (Wildman–Crippen MR) is 107 cm³/mol. The van der Waals surface area contributed by atoms with Crippen molar-refractivity contribution in [1.29, 1.82) is 0 Å². The Balaban J connectivity index is 1.73. The maximum atomic E-state index is 12.4. The van der Waals surface area contributed by atoms with E-state index in [2.05, 4.69) is 10.3 Å². The van der Waals surface area contributed by atoms with E-state index in [0.29, 0.717) is 18.8 Å². The fourth-order valence-electron chi connectivity index (χ4n) is 5.96. The molecule has 1 unspecified atom stereocenters. The monoisotopic (exact) mass is 395 g/mol. The molecule has 1 aliphatic heterocycles. The van der Waals surface area contributed by atoms with Gasteiger partial charge >= 0.3 is 0 Å². The number of amides is 1. The third kappa shape index (κ3) is 2.31. The minimum atomic E-state index is -1.03. The molecule has 0 radical (unpaired) electrons. The molecule has 152 valence electrons. The Labute approximate surface area is 168 Å². The first-order valence-electron chi connectivity index (χ1n) is 9.95. The summed E-state index contributed by atoms with van der Waals surface area (Å²) in [6.45, 7) is 2.92. The molecule has 5 rings (SSSR count). The summed E-state index contributed by atoms with van der Waals surface area (Å²) in [4.78, 5) is 26.9. The van der Waals surface area contributed by atoms with Gasteiger partial charge in [-0.15, -0.1) is 0 Å². The number of H-pyrrole nitrogens is 1. The van der Waals surface area contributed by atoms with Crippen LogP contribution in [0.4, 0.5) is 0 Å². The van der Waals surface area contributed by atoms with Crippen molar-refractivity contribution < 1.29 is 14.6 Å². The van der Waals surface area contributed by atoms with E-state index in [1.165, 1.54) is 0 Å². The molecule has 2 fully saturated rings. The number of aryl methyl sites for hydroxylation is 1. The zero-order valence-corrected chi connectivity index (χ0v) is 16.5. The zero-order chi connectivity index (χ0) is 20.6. The molecule has 1 saturated heterocycles. The van der Waals surface area contributed by atoms with E-state index in [4.69, 9.17) is 10.5 Å². The number of nitrogens with one attached hydrogen (secondary N) is 2. The van der Waals surface area contributed by atoms with Crippen LogP contribution in [0.25, 0.3) is 0 Å². The van der Waals surface area contributed by atoms with Crippen molar-refractivity contribution in [2.75, 3.05) is 13.7 Å². The second kappa shape index (κ2) is 5.93. The van der Waals surface area contributed by atoms with Crippen LogP contribution in [0, 0.1) is 12.8 Å². The van der Waals surface area contributed by atoms with Gasteiger partial charge in [0.05, 0.1) is 12.7 Å². The van der Waals surface area contributed by atoms with Gasteiger partial charge in [-0.2, -0.15) is 0 Å². The lowest BCUT2D eigenvalue weighted by molar-refractivity contribution is -0.0594. The van der Waals surface area contributed by atoms with Crippen molar-refractivity contribution >= 4 is 5.91 Å². The predicted octanol–water partition coefficient (Wildman–Crippen LogP) is 0.550. The minimum Gasteiger partial charge on any atom is -0.497 e. The quantitative estimate of drug-likeness (QED) is 0.606. The summed E-state index contributed by atoms with van der Waals surface area (Å²) in [5, 5.41) is 15.6. The highest BCUT2D eigenvalue weighted by molar-refractivity contribution is 5.92. The van der Waals surface area contributed by atoms with Gasteiger partial charge in [0.15, 0.2) is 0 Å². The molecule has 7 nitrogen and oxygen atoms in total. The van der Waals surface area contributed by atoms with E-state index < -0.39 is 22.5 Å². The number of primary amides is 1. The van der Waals surface area contributed by atoms with Crippen LogP contribution in [-0.4, -0.2) is 41.3 Å². The Morgan fingerprint density at radius 2 is 2.10 bits per heavy atom. The van der Waals surface area contributed by atoms with Gasteiger partial charge in [-0.25, -0.2) is 0 Å². The molecular weight excluding hydrogens is 370 g/mol. The number of rotatable bonds is 3. The largest absolute Gasteiger partial charge is 0.497 e. The van der Waals surface area contributed by atoms with Crippen molar-refractivity contribution in [2.24, 2.45) is 11.7 Å². The van der Waals surface area contributed by atoms with Crippen LogP contribution in [-0.2, 0) is 18.3 Å². The molecule has 0 bridgehead atoms. The molecule has 7 heteroatoms. The molecule has 2 heterocycles. The topological polar surface area (TPSA) is 117 Å². The molecule has 29 heavy (non-hydrogen) atoms. The molecule has 3 aliphatic rings. The highest BCUT2D eigenvalue weighted by atomic mass is 16.5. The molecule has 4 atom stereocenters. The number of benzene rings is 1. The first-order valence-corrected chi connectivity index (χ1v) is 9.95. The summed E-state index contributed by atoms with van der Waals surface area (Å²) < 4.78 is 5.47. The second-order valence-corrected chi connectivity index (χ2v) is 8.77. The zero-order valence-electron chi connectivity index (χ0n) is 16.5. The Hall–Kier alpha value is -2.64. The van der Waals surface area contributed by atoms with E-state index in [0.717, 1.165) is 41.1 Å². The Morgan fingerprint density at radius 1 is 1.31 bits per heavy atom. The van der Waals surface area contributed by atoms with Crippen molar-refractivity contribution in [3.05, 3.63) is 62.6 Å².